The molecule has 1 aromatic carbocycles. The number of likely N-dealkylation sites (N-methyl/N-ethyl adjacent to an activating group) is 1. The third kappa shape index (κ3) is 3.20. The van der Waals surface area contributed by atoms with Crippen LogP contribution < -0.4 is 4.74 Å². The minimum atomic E-state index is -1.03. The van der Waals surface area contributed by atoms with Gasteiger partial charge in [0.05, 0.1) is 5.52 Å². The SMILES string of the molecule is CN(C)CCOc1nc2ccccc2cc1C(=O)O. The molecule has 1 heterocycles. The number of carbonyl (C=O) groups is 1. The average Bonchev–Trinajstić information content (AvgIpc) is 2.37. The molecule has 0 bridgehead atoms. The summed E-state index contributed by atoms with van der Waals surface area (Å²) < 4.78 is 5.48. The van der Waals surface area contributed by atoms with Gasteiger partial charge in [0.2, 0.25) is 5.88 Å². The van der Waals surface area contributed by atoms with E-state index in [1.54, 1.807) is 6.07 Å². The Morgan fingerprint density at radius 1 is 1.37 bits per heavy atom. The Bertz CT molecular complexity index is 596. The summed E-state index contributed by atoms with van der Waals surface area (Å²) in [6.45, 7) is 1.10. The molecule has 1 aromatic heterocycles. The zero-order valence-corrected chi connectivity index (χ0v) is 11.0. The first-order chi connectivity index (χ1) is 9.08. The third-order valence-corrected chi connectivity index (χ3v) is 2.70. The second-order valence-corrected chi connectivity index (χ2v) is 4.49. The largest absolute Gasteiger partial charge is 0.477 e. The number of aromatic nitrogens is 1. The molecule has 0 aliphatic rings. The number of pyridine rings is 1. The van der Waals surface area contributed by atoms with Crippen molar-refractivity contribution in [1.29, 1.82) is 0 Å². The first kappa shape index (κ1) is 13.3. The van der Waals surface area contributed by atoms with Gasteiger partial charge in [-0.1, -0.05) is 18.2 Å². The Labute approximate surface area is 111 Å². The molecule has 0 aliphatic carbocycles. The monoisotopic (exact) mass is 260 g/mol. The molecule has 0 saturated heterocycles. The number of nitrogens with zero attached hydrogens (tertiary/aromatic N) is 2. The highest BCUT2D eigenvalue weighted by molar-refractivity contribution is 5.95. The lowest BCUT2D eigenvalue weighted by molar-refractivity contribution is 0.0691. The summed E-state index contributed by atoms with van der Waals surface area (Å²) in [6, 6.07) is 8.97. The quantitative estimate of drug-likeness (QED) is 0.889. The Morgan fingerprint density at radius 2 is 2.11 bits per heavy atom. The van der Waals surface area contributed by atoms with Gasteiger partial charge in [-0.05, 0) is 26.2 Å². The van der Waals surface area contributed by atoms with Crippen molar-refractivity contribution in [3.63, 3.8) is 0 Å². The van der Waals surface area contributed by atoms with E-state index >= 15 is 0 Å². The molecule has 2 rings (SSSR count). The maximum Gasteiger partial charge on any atom is 0.341 e. The summed E-state index contributed by atoms with van der Waals surface area (Å²) in [7, 11) is 3.85. The maximum atomic E-state index is 11.2. The van der Waals surface area contributed by atoms with E-state index in [-0.39, 0.29) is 11.4 Å². The Morgan fingerprint density at radius 3 is 2.79 bits per heavy atom. The summed E-state index contributed by atoms with van der Waals surface area (Å²) >= 11 is 0. The van der Waals surface area contributed by atoms with Gasteiger partial charge in [-0.25, -0.2) is 9.78 Å². The summed E-state index contributed by atoms with van der Waals surface area (Å²) in [5.41, 5.74) is 0.824. The van der Waals surface area contributed by atoms with E-state index in [4.69, 9.17) is 4.74 Å². The first-order valence-electron chi connectivity index (χ1n) is 5.98. The first-order valence-corrected chi connectivity index (χ1v) is 5.98. The van der Waals surface area contributed by atoms with E-state index in [9.17, 15) is 9.90 Å². The number of carboxylic acid groups (broad SMARTS) is 1. The number of benzene rings is 1. The lowest BCUT2D eigenvalue weighted by Gasteiger charge is -2.12. The topological polar surface area (TPSA) is 62.7 Å². The van der Waals surface area contributed by atoms with Crippen LogP contribution in [0.25, 0.3) is 10.9 Å². The van der Waals surface area contributed by atoms with Crippen molar-refractivity contribution in [1.82, 2.24) is 9.88 Å². The molecule has 0 spiro atoms. The summed E-state index contributed by atoms with van der Waals surface area (Å²) in [6.07, 6.45) is 0. The van der Waals surface area contributed by atoms with Gasteiger partial charge in [-0.3, -0.25) is 0 Å². The number of ether oxygens (including phenoxy) is 1. The lowest BCUT2D eigenvalue weighted by Crippen LogP contribution is -2.20. The van der Waals surface area contributed by atoms with Gasteiger partial charge in [0.25, 0.3) is 0 Å². The van der Waals surface area contributed by atoms with E-state index in [1.807, 2.05) is 43.3 Å². The van der Waals surface area contributed by atoms with Crippen LogP contribution in [-0.2, 0) is 0 Å². The fraction of sp³-hybridized carbons (Fsp3) is 0.286. The smallest absolute Gasteiger partial charge is 0.341 e. The van der Waals surface area contributed by atoms with Gasteiger partial charge in [0.15, 0.2) is 0 Å². The van der Waals surface area contributed by atoms with Crippen LogP contribution in [0.1, 0.15) is 10.4 Å². The van der Waals surface area contributed by atoms with E-state index in [0.29, 0.717) is 13.2 Å². The molecule has 5 heteroatoms. The molecule has 0 amide bonds. The molecule has 19 heavy (non-hydrogen) atoms. The molecule has 0 fully saturated rings. The second kappa shape index (κ2) is 5.67. The molecule has 5 nitrogen and oxygen atoms in total. The molecule has 0 unspecified atom stereocenters. The average molecular weight is 260 g/mol. The van der Waals surface area contributed by atoms with Crippen molar-refractivity contribution in [2.75, 3.05) is 27.2 Å². The number of aromatic carboxylic acids is 1. The minimum absolute atomic E-state index is 0.0949. The molecule has 0 aliphatic heterocycles. The number of hydrogen-bond acceptors (Lipinski definition) is 4. The van der Waals surface area contributed by atoms with Crippen LogP contribution in [0, 0.1) is 0 Å². The van der Waals surface area contributed by atoms with Crippen LogP contribution in [-0.4, -0.2) is 48.2 Å². The fourth-order valence-electron chi connectivity index (χ4n) is 1.69. The highest BCUT2D eigenvalue weighted by Gasteiger charge is 2.14. The fourth-order valence-corrected chi connectivity index (χ4v) is 1.69. The van der Waals surface area contributed by atoms with Gasteiger partial charge in [0.1, 0.15) is 12.2 Å². The van der Waals surface area contributed by atoms with Crippen molar-refractivity contribution < 1.29 is 14.6 Å². The molecule has 100 valence electrons. The van der Waals surface area contributed by atoms with E-state index in [2.05, 4.69) is 4.98 Å². The van der Waals surface area contributed by atoms with Crippen molar-refractivity contribution in [2.24, 2.45) is 0 Å². The van der Waals surface area contributed by atoms with Crippen LogP contribution in [0.5, 0.6) is 5.88 Å². The van der Waals surface area contributed by atoms with Gasteiger partial charge in [-0.15, -0.1) is 0 Å². The number of carboxylic acids is 1. The standard InChI is InChI=1S/C14H16N2O3/c1-16(2)7-8-19-13-11(14(17)18)9-10-5-3-4-6-12(10)15-13/h3-6,9H,7-8H2,1-2H3,(H,17,18). The minimum Gasteiger partial charge on any atom is -0.477 e. The highest BCUT2D eigenvalue weighted by atomic mass is 16.5. The Balaban J connectivity index is 2.33. The second-order valence-electron chi connectivity index (χ2n) is 4.49. The Hall–Kier alpha value is -2.14. The molecule has 1 N–H and O–H groups in total. The normalized spacial score (nSPS) is 10.9. The summed E-state index contributed by atoms with van der Waals surface area (Å²) in [4.78, 5) is 17.5. The van der Waals surface area contributed by atoms with E-state index in [1.165, 1.54) is 0 Å². The number of fused-ring (bicyclic) bond motifs is 1. The van der Waals surface area contributed by atoms with Gasteiger partial charge in [0, 0.05) is 11.9 Å². The highest BCUT2D eigenvalue weighted by Crippen LogP contribution is 2.22. The van der Waals surface area contributed by atoms with Gasteiger partial charge in [-0.2, -0.15) is 0 Å². The maximum absolute atomic E-state index is 11.2. The van der Waals surface area contributed by atoms with Crippen LogP contribution in [0.3, 0.4) is 0 Å². The molecule has 0 saturated carbocycles. The molecule has 2 aromatic rings. The molecule has 0 radical (unpaired) electrons. The summed E-state index contributed by atoms with van der Waals surface area (Å²) in [5.74, 6) is -0.855. The van der Waals surface area contributed by atoms with Crippen molar-refractivity contribution in [3.05, 3.63) is 35.9 Å². The van der Waals surface area contributed by atoms with Crippen LogP contribution in [0.2, 0.25) is 0 Å². The number of hydrogen-bond donors (Lipinski definition) is 1. The summed E-state index contributed by atoms with van der Waals surface area (Å²) in [5, 5.41) is 9.99. The zero-order valence-electron chi connectivity index (χ0n) is 11.0. The van der Waals surface area contributed by atoms with Gasteiger partial charge < -0.3 is 14.7 Å². The van der Waals surface area contributed by atoms with Crippen molar-refractivity contribution >= 4 is 16.9 Å². The number of para-hydroxylation sites is 1. The zero-order chi connectivity index (χ0) is 13.8. The van der Waals surface area contributed by atoms with Gasteiger partial charge >= 0.3 is 5.97 Å². The van der Waals surface area contributed by atoms with Crippen molar-refractivity contribution in [2.45, 2.75) is 0 Å². The molecule has 0 atom stereocenters. The van der Waals surface area contributed by atoms with Crippen molar-refractivity contribution in [3.8, 4) is 5.88 Å². The van der Waals surface area contributed by atoms with Crippen LogP contribution >= 0.6 is 0 Å². The lowest BCUT2D eigenvalue weighted by atomic mass is 10.1. The number of rotatable bonds is 5. The van der Waals surface area contributed by atoms with E-state index in [0.717, 1.165) is 10.9 Å². The predicted molar refractivity (Wildman–Crippen MR) is 72.8 cm³/mol. The van der Waals surface area contributed by atoms with E-state index < -0.39 is 5.97 Å². The Kier molecular flexibility index (Phi) is 3.97. The molecular formula is C14H16N2O3. The predicted octanol–water partition coefficient (Wildman–Crippen LogP) is 1.87. The third-order valence-electron chi connectivity index (χ3n) is 2.70. The molecular weight excluding hydrogens is 244 g/mol. The van der Waals surface area contributed by atoms with Crippen LogP contribution in [0.4, 0.5) is 0 Å². The van der Waals surface area contributed by atoms with Crippen LogP contribution in [0.15, 0.2) is 30.3 Å².